The molecule has 17 heavy (non-hydrogen) atoms. The molecule has 0 aliphatic heterocycles. The highest BCUT2D eigenvalue weighted by Crippen LogP contribution is 2.28. The first-order chi connectivity index (χ1) is 8.09. The largest absolute Gasteiger partial charge is 0.435 e. The highest BCUT2D eigenvalue weighted by Gasteiger charge is 2.12. The fourth-order valence-electron chi connectivity index (χ4n) is 1.10. The van der Waals surface area contributed by atoms with Gasteiger partial charge in [0, 0.05) is 0 Å². The zero-order chi connectivity index (χ0) is 12.4. The molecule has 0 saturated carbocycles. The van der Waals surface area contributed by atoms with Gasteiger partial charge in [-0.15, -0.1) is 0 Å². The minimum absolute atomic E-state index is 0.0375. The minimum atomic E-state index is -0.688. The Balaban J connectivity index is 2.42. The van der Waals surface area contributed by atoms with E-state index in [2.05, 4.69) is 9.97 Å². The first-order valence-electron chi connectivity index (χ1n) is 4.44. The lowest BCUT2D eigenvalue weighted by Gasteiger charge is -2.07. The van der Waals surface area contributed by atoms with Crippen LogP contribution in [0.4, 0.5) is 4.39 Å². The molecule has 1 aromatic carbocycles. The van der Waals surface area contributed by atoms with Gasteiger partial charge in [0.05, 0.1) is 11.3 Å². The number of hydrogen-bond donors (Lipinski definition) is 1. The van der Waals surface area contributed by atoms with Crippen molar-refractivity contribution in [3.63, 3.8) is 0 Å². The number of nitrogens with zero attached hydrogens (tertiary/aromatic N) is 1. The van der Waals surface area contributed by atoms with Crippen LogP contribution in [0.2, 0.25) is 5.02 Å². The normalized spacial score (nSPS) is 10.3. The maximum absolute atomic E-state index is 13.5. The van der Waals surface area contributed by atoms with E-state index in [1.807, 2.05) is 0 Å². The maximum atomic E-state index is 13.5. The molecule has 1 heterocycles. The molecule has 0 aliphatic carbocycles. The summed E-state index contributed by atoms with van der Waals surface area (Å²) in [5.74, 6) is -0.726. The third-order valence-electron chi connectivity index (χ3n) is 1.89. The summed E-state index contributed by atoms with van der Waals surface area (Å²) in [5, 5.41) is -0.0534. The lowest BCUT2D eigenvalue weighted by molar-refractivity contribution is 0.423. The molecule has 2 aromatic rings. The molecule has 0 amide bonds. The third kappa shape index (κ3) is 2.58. The summed E-state index contributed by atoms with van der Waals surface area (Å²) in [6, 6.07) is 4.35. The Morgan fingerprint density at radius 2 is 2.24 bits per heavy atom. The SMILES string of the molecule is O=c1[nH]cnc(Oc2cccc(Cl)c2F)c1I. The van der Waals surface area contributed by atoms with Gasteiger partial charge in [0.25, 0.3) is 5.56 Å². The van der Waals surface area contributed by atoms with Gasteiger partial charge in [-0.2, -0.15) is 0 Å². The number of hydrogen-bond acceptors (Lipinski definition) is 3. The Labute approximate surface area is 114 Å². The standard InChI is InChI=1S/C10H5ClFIN2O2/c11-5-2-1-3-6(7(5)12)17-10-8(13)9(16)14-4-15-10/h1-4H,(H,14,15,16). The molecule has 1 aromatic heterocycles. The van der Waals surface area contributed by atoms with Gasteiger partial charge in [-0.25, -0.2) is 9.37 Å². The number of aromatic nitrogens is 2. The zero-order valence-electron chi connectivity index (χ0n) is 8.21. The van der Waals surface area contributed by atoms with Crippen molar-refractivity contribution >= 4 is 34.2 Å². The summed E-state index contributed by atoms with van der Waals surface area (Å²) < 4.78 is 19.0. The predicted octanol–water partition coefficient (Wildman–Crippen LogP) is 2.96. The Bertz CT molecular complexity index is 617. The number of H-pyrrole nitrogens is 1. The molecule has 1 N–H and O–H groups in total. The average Bonchev–Trinajstić information content (AvgIpc) is 2.31. The summed E-state index contributed by atoms with van der Waals surface area (Å²) in [7, 11) is 0. The number of halogens is 3. The van der Waals surface area contributed by atoms with Crippen molar-refractivity contribution in [2.24, 2.45) is 0 Å². The van der Waals surface area contributed by atoms with E-state index in [1.165, 1.54) is 18.5 Å². The Kier molecular flexibility index (Phi) is 3.63. The van der Waals surface area contributed by atoms with Crippen molar-refractivity contribution in [1.82, 2.24) is 9.97 Å². The summed E-state index contributed by atoms with van der Waals surface area (Å²) >= 11 is 7.37. The van der Waals surface area contributed by atoms with Crippen molar-refractivity contribution < 1.29 is 9.13 Å². The summed E-state index contributed by atoms with van der Waals surface area (Å²) in [5.41, 5.74) is -0.349. The second kappa shape index (κ2) is 5.01. The van der Waals surface area contributed by atoms with Crippen molar-refractivity contribution in [3.05, 3.63) is 49.3 Å². The van der Waals surface area contributed by atoms with Gasteiger partial charge in [-0.1, -0.05) is 17.7 Å². The van der Waals surface area contributed by atoms with Crippen LogP contribution < -0.4 is 10.3 Å². The first kappa shape index (κ1) is 12.3. The number of rotatable bonds is 2. The summed E-state index contributed by atoms with van der Waals surface area (Å²) in [6.45, 7) is 0. The number of benzene rings is 1. The molecule has 88 valence electrons. The van der Waals surface area contributed by atoms with Crippen LogP contribution in [0.1, 0.15) is 0 Å². The van der Waals surface area contributed by atoms with Crippen LogP contribution >= 0.6 is 34.2 Å². The van der Waals surface area contributed by atoms with Crippen molar-refractivity contribution in [1.29, 1.82) is 0 Å². The lowest BCUT2D eigenvalue weighted by Crippen LogP contribution is -2.11. The number of aromatic amines is 1. The van der Waals surface area contributed by atoms with Gasteiger partial charge in [-0.05, 0) is 34.7 Å². The molecule has 0 atom stereocenters. The van der Waals surface area contributed by atoms with Crippen LogP contribution in [0.15, 0.2) is 29.3 Å². The fraction of sp³-hybridized carbons (Fsp3) is 0. The van der Waals surface area contributed by atoms with E-state index in [9.17, 15) is 9.18 Å². The minimum Gasteiger partial charge on any atom is -0.435 e. The van der Waals surface area contributed by atoms with Crippen LogP contribution in [0.5, 0.6) is 11.6 Å². The van der Waals surface area contributed by atoms with Crippen LogP contribution in [0.25, 0.3) is 0 Å². The van der Waals surface area contributed by atoms with Crippen molar-refractivity contribution in [2.75, 3.05) is 0 Å². The molecule has 7 heteroatoms. The van der Waals surface area contributed by atoms with E-state index in [-0.39, 0.29) is 25.8 Å². The van der Waals surface area contributed by atoms with Gasteiger partial charge in [0.2, 0.25) is 5.88 Å². The van der Waals surface area contributed by atoms with E-state index in [1.54, 1.807) is 28.7 Å². The molecule has 0 unspecified atom stereocenters. The summed E-state index contributed by atoms with van der Waals surface area (Å²) in [6.07, 6.45) is 1.18. The van der Waals surface area contributed by atoms with Crippen LogP contribution in [0.3, 0.4) is 0 Å². The van der Waals surface area contributed by atoms with Crippen molar-refractivity contribution in [2.45, 2.75) is 0 Å². The van der Waals surface area contributed by atoms with Gasteiger partial charge >= 0.3 is 0 Å². The molecular weight excluding hydrogens is 361 g/mol. The van der Waals surface area contributed by atoms with Gasteiger partial charge in [0.15, 0.2) is 11.6 Å². The van der Waals surface area contributed by atoms with E-state index < -0.39 is 5.82 Å². The molecule has 0 aliphatic rings. The molecule has 0 radical (unpaired) electrons. The maximum Gasteiger partial charge on any atom is 0.268 e. The zero-order valence-corrected chi connectivity index (χ0v) is 11.1. The van der Waals surface area contributed by atoms with Crippen LogP contribution in [-0.4, -0.2) is 9.97 Å². The molecule has 0 fully saturated rings. The molecule has 0 spiro atoms. The van der Waals surface area contributed by atoms with Crippen LogP contribution in [0, 0.1) is 9.39 Å². The molecule has 0 bridgehead atoms. The number of nitrogens with one attached hydrogen (secondary N) is 1. The van der Waals surface area contributed by atoms with Crippen molar-refractivity contribution in [3.8, 4) is 11.6 Å². The van der Waals surface area contributed by atoms with E-state index >= 15 is 0 Å². The smallest absolute Gasteiger partial charge is 0.268 e. The average molecular weight is 367 g/mol. The van der Waals surface area contributed by atoms with Gasteiger partial charge < -0.3 is 9.72 Å². The Morgan fingerprint density at radius 1 is 1.47 bits per heavy atom. The summed E-state index contributed by atoms with van der Waals surface area (Å²) in [4.78, 5) is 17.5. The van der Waals surface area contributed by atoms with Crippen LogP contribution in [-0.2, 0) is 0 Å². The third-order valence-corrected chi connectivity index (χ3v) is 3.13. The fourth-order valence-corrected chi connectivity index (χ4v) is 1.68. The number of ether oxygens (including phenoxy) is 1. The first-order valence-corrected chi connectivity index (χ1v) is 5.90. The lowest BCUT2D eigenvalue weighted by atomic mass is 10.3. The van der Waals surface area contributed by atoms with Gasteiger partial charge in [0.1, 0.15) is 3.57 Å². The van der Waals surface area contributed by atoms with E-state index in [0.29, 0.717) is 0 Å². The Hall–Kier alpha value is -1.15. The molecule has 4 nitrogen and oxygen atoms in total. The van der Waals surface area contributed by atoms with Gasteiger partial charge in [-0.3, -0.25) is 4.79 Å². The second-order valence-corrected chi connectivity index (χ2v) is 4.49. The highest BCUT2D eigenvalue weighted by molar-refractivity contribution is 14.1. The quantitative estimate of drug-likeness (QED) is 0.832. The Morgan fingerprint density at radius 3 is 3.00 bits per heavy atom. The topological polar surface area (TPSA) is 55.0 Å². The second-order valence-electron chi connectivity index (χ2n) is 3.00. The molecule has 0 saturated heterocycles. The van der Waals surface area contributed by atoms with E-state index in [0.717, 1.165) is 0 Å². The molecule has 2 rings (SSSR count). The monoisotopic (exact) mass is 366 g/mol. The predicted molar refractivity (Wildman–Crippen MR) is 69.1 cm³/mol. The van der Waals surface area contributed by atoms with E-state index in [4.69, 9.17) is 16.3 Å². The molecular formula is C10H5ClFIN2O2. The highest BCUT2D eigenvalue weighted by atomic mass is 127.